The van der Waals surface area contributed by atoms with E-state index in [4.69, 9.17) is 13.9 Å². The van der Waals surface area contributed by atoms with Gasteiger partial charge in [0.15, 0.2) is 5.54 Å². The number of fused-ring (bicyclic) bond motifs is 1. The minimum atomic E-state index is -4.52. The number of likely N-dealkylation sites (tertiary alicyclic amines) is 1. The van der Waals surface area contributed by atoms with Gasteiger partial charge in [-0.1, -0.05) is 6.07 Å². The van der Waals surface area contributed by atoms with Gasteiger partial charge in [0.2, 0.25) is 5.89 Å². The van der Waals surface area contributed by atoms with Crippen LogP contribution >= 0.6 is 0 Å². The van der Waals surface area contributed by atoms with E-state index in [1.807, 2.05) is 6.07 Å². The first-order valence-electron chi connectivity index (χ1n) is 14.1. The van der Waals surface area contributed by atoms with E-state index in [0.717, 1.165) is 9.87 Å². The van der Waals surface area contributed by atoms with Crippen molar-refractivity contribution < 1.29 is 32.2 Å². The van der Waals surface area contributed by atoms with Crippen LogP contribution in [0.4, 0.5) is 5.69 Å². The zero-order chi connectivity index (χ0) is 31.9. The van der Waals surface area contributed by atoms with Gasteiger partial charge >= 0.3 is 0 Å². The molecule has 1 saturated heterocycles. The quantitative estimate of drug-likeness (QED) is 0.280. The minimum Gasteiger partial charge on any atom is -0.497 e. The number of nitrogens with one attached hydrogen (secondary N) is 1. The summed E-state index contributed by atoms with van der Waals surface area (Å²) >= 11 is 0. The van der Waals surface area contributed by atoms with E-state index in [9.17, 15) is 18.8 Å². The van der Waals surface area contributed by atoms with Crippen LogP contribution in [0.2, 0.25) is 0 Å². The molecule has 1 aromatic heterocycles. The molecule has 6 rings (SSSR count). The lowest BCUT2D eigenvalue weighted by molar-refractivity contribution is -0.127. The number of carbonyl (C=O) groups excluding carboxylic acids is 1. The highest BCUT2D eigenvalue weighted by molar-refractivity contribution is 7.93. The SMILES string of the molecule is CNCc1ccc(OC)c(C2(N3C[C@H](O)C[C@H]3c3ncco3)C(=O)N(S(=O)(=O)c3ccc(OC)cc3)c3ccc(C#N)cc32)c1. The van der Waals surface area contributed by atoms with E-state index in [2.05, 4.69) is 16.4 Å². The fourth-order valence-corrected chi connectivity index (χ4v) is 7.86. The number of oxazole rings is 1. The zero-order valence-electron chi connectivity index (χ0n) is 24.8. The van der Waals surface area contributed by atoms with Crippen LogP contribution in [0.15, 0.2) is 82.4 Å². The number of hydrogen-bond donors (Lipinski definition) is 2. The Bertz CT molecular complexity index is 1890. The number of amides is 1. The maximum atomic E-state index is 15.4. The highest BCUT2D eigenvalue weighted by Crippen LogP contribution is 2.56. The number of ether oxygens (including phenoxy) is 2. The Balaban J connectivity index is 1.70. The van der Waals surface area contributed by atoms with Gasteiger partial charge in [-0.2, -0.15) is 5.26 Å². The topological polar surface area (TPSA) is 158 Å². The molecule has 2 N–H and O–H groups in total. The van der Waals surface area contributed by atoms with Crippen molar-refractivity contribution in [1.29, 1.82) is 5.26 Å². The molecular weight excluding hydrogens is 598 g/mol. The molecule has 2 aliphatic heterocycles. The lowest BCUT2D eigenvalue weighted by Crippen LogP contribution is -2.55. The highest BCUT2D eigenvalue weighted by Gasteiger charge is 2.63. The van der Waals surface area contributed by atoms with Crippen LogP contribution < -0.4 is 19.1 Å². The van der Waals surface area contributed by atoms with Gasteiger partial charge in [0.1, 0.15) is 17.8 Å². The number of nitrogens with zero attached hydrogens (tertiary/aromatic N) is 4. The second-order valence-electron chi connectivity index (χ2n) is 10.8. The fraction of sp³-hybridized carbons (Fsp3) is 0.281. The summed E-state index contributed by atoms with van der Waals surface area (Å²) in [7, 11) is 0.202. The smallest absolute Gasteiger partial charge is 0.271 e. The Morgan fingerprint density at radius 2 is 1.89 bits per heavy atom. The van der Waals surface area contributed by atoms with E-state index in [0.29, 0.717) is 23.6 Å². The average Bonchev–Trinajstić information content (AvgIpc) is 3.78. The third-order valence-corrected chi connectivity index (χ3v) is 10.0. The number of aliphatic hydroxyl groups is 1. The number of β-amino-alcohol motifs (C(OH)–C–C–N with tert-alkyl or cyclic N) is 1. The second kappa shape index (κ2) is 11.6. The number of carbonyl (C=O) groups is 1. The molecule has 1 fully saturated rings. The molecule has 3 atom stereocenters. The van der Waals surface area contributed by atoms with E-state index >= 15 is 4.79 Å². The zero-order valence-corrected chi connectivity index (χ0v) is 25.6. The summed E-state index contributed by atoms with van der Waals surface area (Å²) in [5.41, 5.74) is -0.225. The largest absolute Gasteiger partial charge is 0.497 e. The molecule has 3 heterocycles. The average molecular weight is 630 g/mol. The van der Waals surface area contributed by atoms with Crippen molar-refractivity contribution in [2.24, 2.45) is 0 Å². The van der Waals surface area contributed by atoms with Crippen LogP contribution in [-0.4, -0.2) is 63.2 Å². The molecule has 2 aliphatic rings. The van der Waals surface area contributed by atoms with Crippen molar-refractivity contribution in [1.82, 2.24) is 15.2 Å². The molecule has 0 bridgehead atoms. The molecule has 12 nitrogen and oxygen atoms in total. The van der Waals surface area contributed by atoms with E-state index in [-0.39, 0.29) is 40.6 Å². The third-order valence-electron chi connectivity index (χ3n) is 8.31. The lowest BCUT2D eigenvalue weighted by atomic mass is 9.79. The van der Waals surface area contributed by atoms with Gasteiger partial charge in [-0.15, -0.1) is 0 Å². The number of methoxy groups -OCH3 is 2. The summed E-state index contributed by atoms with van der Waals surface area (Å²) in [6, 6.07) is 16.9. The van der Waals surface area contributed by atoms with Gasteiger partial charge in [-0.25, -0.2) is 17.7 Å². The van der Waals surface area contributed by atoms with E-state index in [1.165, 1.54) is 69.1 Å². The van der Waals surface area contributed by atoms with Gasteiger partial charge in [0.05, 0.1) is 54.8 Å². The van der Waals surface area contributed by atoms with Crippen LogP contribution in [-0.2, 0) is 26.9 Å². The number of benzene rings is 3. The molecule has 1 amide bonds. The minimum absolute atomic E-state index is 0.0369. The van der Waals surface area contributed by atoms with Crippen LogP contribution in [0.5, 0.6) is 11.5 Å². The molecule has 13 heteroatoms. The molecular formula is C32H31N5O7S. The summed E-state index contributed by atoms with van der Waals surface area (Å²) in [5.74, 6) is 0.182. The maximum Gasteiger partial charge on any atom is 0.271 e. The summed E-state index contributed by atoms with van der Waals surface area (Å²) in [6.45, 7) is 0.400. The first-order valence-corrected chi connectivity index (χ1v) is 15.6. The molecule has 0 saturated carbocycles. The van der Waals surface area contributed by atoms with Gasteiger partial charge in [0, 0.05) is 24.2 Å². The second-order valence-corrected chi connectivity index (χ2v) is 12.6. The summed E-state index contributed by atoms with van der Waals surface area (Å²) in [4.78, 5) is 21.3. The fourth-order valence-electron chi connectivity index (χ4n) is 6.40. The van der Waals surface area contributed by atoms with Crippen LogP contribution in [0.25, 0.3) is 0 Å². The normalized spacial score (nSPS) is 21.5. The van der Waals surface area contributed by atoms with Crippen molar-refractivity contribution in [3.63, 3.8) is 0 Å². The van der Waals surface area contributed by atoms with E-state index in [1.54, 1.807) is 24.1 Å². The van der Waals surface area contributed by atoms with E-state index < -0.39 is 33.6 Å². The predicted octanol–water partition coefficient (Wildman–Crippen LogP) is 3.07. The van der Waals surface area contributed by atoms with Crippen molar-refractivity contribution in [3.05, 3.63) is 101 Å². The lowest BCUT2D eigenvalue weighted by Gasteiger charge is -2.41. The Morgan fingerprint density at radius 3 is 2.53 bits per heavy atom. The number of hydrogen-bond acceptors (Lipinski definition) is 11. The maximum absolute atomic E-state index is 15.4. The number of nitriles is 1. The molecule has 45 heavy (non-hydrogen) atoms. The Kier molecular flexibility index (Phi) is 7.84. The number of anilines is 1. The molecule has 1 unspecified atom stereocenters. The van der Waals surface area contributed by atoms with Crippen LogP contribution in [0.1, 0.15) is 40.6 Å². The molecule has 3 aromatic carbocycles. The molecule has 0 radical (unpaired) electrons. The standard InChI is InChI=1S/C32H31N5O7S/c1-34-18-21-5-11-29(43-3)26(15-21)32(36-19-22(38)16-28(36)30-35-12-13-44-30)25-14-20(17-33)4-10-27(25)37(31(32)39)45(40,41)24-8-6-23(42-2)7-9-24/h4-15,22,28,34,38H,16,18-19H2,1-3H3/t22-,28+,32?/m1/s1. The van der Waals surface area contributed by atoms with Crippen molar-refractivity contribution in [2.75, 3.05) is 32.1 Å². The predicted molar refractivity (Wildman–Crippen MR) is 162 cm³/mol. The molecule has 0 spiro atoms. The molecule has 0 aliphatic carbocycles. The summed E-state index contributed by atoms with van der Waals surface area (Å²) in [6.07, 6.45) is 2.12. The first-order chi connectivity index (χ1) is 21.7. The van der Waals surface area contributed by atoms with Crippen LogP contribution in [0.3, 0.4) is 0 Å². The number of aliphatic hydroxyl groups excluding tert-OH is 1. The number of rotatable bonds is 9. The summed E-state index contributed by atoms with van der Waals surface area (Å²) < 4.78 is 46.4. The highest BCUT2D eigenvalue weighted by atomic mass is 32.2. The molecule has 4 aromatic rings. The first kappa shape index (κ1) is 30.3. The van der Waals surface area contributed by atoms with Gasteiger partial charge in [-0.05, 0) is 73.6 Å². The number of aromatic nitrogens is 1. The Hall–Kier alpha value is -4.74. The van der Waals surface area contributed by atoms with Crippen LogP contribution in [0, 0.1) is 11.3 Å². The Labute approximate surface area is 260 Å². The van der Waals surface area contributed by atoms with Crippen molar-refractivity contribution in [3.8, 4) is 17.6 Å². The monoisotopic (exact) mass is 629 g/mol. The van der Waals surface area contributed by atoms with Gasteiger partial charge < -0.3 is 24.3 Å². The van der Waals surface area contributed by atoms with Crippen molar-refractivity contribution >= 4 is 21.6 Å². The van der Waals surface area contributed by atoms with Gasteiger partial charge in [-0.3, -0.25) is 9.69 Å². The van der Waals surface area contributed by atoms with Gasteiger partial charge in [0.25, 0.3) is 15.9 Å². The Morgan fingerprint density at radius 1 is 1.11 bits per heavy atom. The third kappa shape index (κ3) is 4.74. The summed E-state index contributed by atoms with van der Waals surface area (Å²) in [5, 5.41) is 24.2. The van der Waals surface area contributed by atoms with Crippen molar-refractivity contribution in [2.45, 2.75) is 35.5 Å². The number of sulfonamides is 1. The molecule has 232 valence electrons.